The normalized spacial score (nSPS) is 10.9. The van der Waals surface area contributed by atoms with Crippen LogP contribution in [0.25, 0.3) is 16.6 Å². The van der Waals surface area contributed by atoms with Crippen LogP contribution in [0, 0.1) is 11.3 Å². The molecule has 0 unspecified atom stereocenters. The van der Waals surface area contributed by atoms with Crippen LogP contribution < -0.4 is 10.4 Å². The number of nitrogens with zero attached hydrogens (tertiary/aromatic N) is 4. The SMILES string of the molecule is CCCCOc1cc2[nH]c(=O)n3ncnc3c2cc1C#N. The number of hydrogen-bond donors (Lipinski definition) is 1. The molecular weight excluding hydrogens is 270 g/mol. The molecule has 0 saturated heterocycles. The van der Waals surface area contributed by atoms with Crippen LogP contribution in [0.1, 0.15) is 25.3 Å². The molecule has 0 fully saturated rings. The first-order valence-electron chi connectivity index (χ1n) is 6.67. The lowest BCUT2D eigenvalue weighted by molar-refractivity contribution is 0.309. The molecule has 1 aromatic carbocycles. The summed E-state index contributed by atoms with van der Waals surface area (Å²) in [6.07, 6.45) is 3.22. The van der Waals surface area contributed by atoms with E-state index in [4.69, 9.17) is 4.74 Å². The Labute approximate surface area is 119 Å². The zero-order valence-corrected chi connectivity index (χ0v) is 11.5. The van der Waals surface area contributed by atoms with Crippen molar-refractivity contribution in [3.05, 3.63) is 34.5 Å². The lowest BCUT2D eigenvalue weighted by Gasteiger charge is -2.09. The highest BCUT2D eigenvalue weighted by Gasteiger charge is 2.12. The Hall–Kier alpha value is -2.88. The number of nitrogens with one attached hydrogen (secondary N) is 1. The van der Waals surface area contributed by atoms with Gasteiger partial charge in [0.2, 0.25) is 0 Å². The smallest absolute Gasteiger partial charge is 0.348 e. The van der Waals surface area contributed by atoms with Crippen molar-refractivity contribution in [3.8, 4) is 11.8 Å². The number of nitriles is 1. The number of fused-ring (bicyclic) bond motifs is 3. The summed E-state index contributed by atoms with van der Waals surface area (Å²) in [6, 6.07) is 5.44. The highest BCUT2D eigenvalue weighted by molar-refractivity contribution is 5.93. The van der Waals surface area contributed by atoms with Gasteiger partial charge in [-0.15, -0.1) is 0 Å². The van der Waals surface area contributed by atoms with Crippen LogP contribution in [-0.4, -0.2) is 26.2 Å². The van der Waals surface area contributed by atoms with Gasteiger partial charge in [0, 0.05) is 11.5 Å². The van der Waals surface area contributed by atoms with Crippen molar-refractivity contribution < 1.29 is 4.74 Å². The molecule has 0 radical (unpaired) electrons. The first kappa shape index (κ1) is 13.1. The first-order chi connectivity index (χ1) is 10.2. The second-order valence-electron chi connectivity index (χ2n) is 4.63. The molecule has 0 aliphatic heterocycles. The van der Waals surface area contributed by atoms with Gasteiger partial charge in [-0.05, 0) is 12.5 Å². The summed E-state index contributed by atoms with van der Waals surface area (Å²) in [4.78, 5) is 18.7. The van der Waals surface area contributed by atoms with Crippen molar-refractivity contribution in [1.82, 2.24) is 19.6 Å². The Kier molecular flexibility index (Phi) is 3.28. The van der Waals surface area contributed by atoms with Crippen molar-refractivity contribution in [3.63, 3.8) is 0 Å². The summed E-state index contributed by atoms with van der Waals surface area (Å²) in [5, 5.41) is 13.8. The van der Waals surface area contributed by atoms with Crippen LogP contribution in [-0.2, 0) is 0 Å². The van der Waals surface area contributed by atoms with Gasteiger partial charge < -0.3 is 9.72 Å². The summed E-state index contributed by atoms with van der Waals surface area (Å²) < 4.78 is 6.79. The van der Waals surface area contributed by atoms with Crippen LogP contribution in [0.3, 0.4) is 0 Å². The Morgan fingerprint density at radius 1 is 1.48 bits per heavy atom. The second kappa shape index (κ2) is 5.25. The molecule has 0 aliphatic rings. The zero-order chi connectivity index (χ0) is 14.8. The number of benzene rings is 1. The van der Waals surface area contributed by atoms with E-state index >= 15 is 0 Å². The lowest BCUT2D eigenvalue weighted by atomic mass is 10.1. The maximum atomic E-state index is 11.9. The monoisotopic (exact) mass is 283 g/mol. The van der Waals surface area contributed by atoms with Gasteiger partial charge in [-0.1, -0.05) is 13.3 Å². The minimum Gasteiger partial charge on any atom is -0.492 e. The number of aromatic amines is 1. The van der Waals surface area contributed by atoms with E-state index in [1.807, 2.05) is 0 Å². The summed E-state index contributed by atoms with van der Waals surface area (Å²) in [6.45, 7) is 2.60. The molecule has 2 heterocycles. The molecule has 106 valence electrons. The molecule has 7 heteroatoms. The molecule has 0 aliphatic carbocycles. The number of hydrogen-bond acceptors (Lipinski definition) is 5. The molecule has 1 N–H and O–H groups in total. The Morgan fingerprint density at radius 2 is 2.33 bits per heavy atom. The number of H-pyrrole nitrogens is 1. The van der Waals surface area contributed by atoms with Gasteiger partial charge in [0.25, 0.3) is 0 Å². The average molecular weight is 283 g/mol. The standard InChI is InChI=1S/C14H13N5O2/c1-2-3-4-21-12-6-11-10(5-9(12)7-15)13-16-8-17-19(13)14(20)18-11/h5-6,8H,2-4H2,1H3,(H,18,20). The molecule has 3 rings (SSSR count). The molecule has 21 heavy (non-hydrogen) atoms. The first-order valence-corrected chi connectivity index (χ1v) is 6.67. The van der Waals surface area contributed by atoms with Crippen molar-refractivity contribution in [2.75, 3.05) is 6.61 Å². The van der Waals surface area contributed by atoms with Crippen molar-refractivity contribution in [2.45, 2.75) is 19.8 Å². The third kappa shape index (κ3) is 2.21. The minimum absolute atomic E-state index is 0.376. The van der Waals surface area contributed by atoms with E-state index in [1.165, 1.54) is 10.8 Å². The van der Waals surface area contributed by atoms with E-state index in [9.17, 15) is 10.1 Å². The summed E-state index contributed by atoms with van der Waals surface area (Å²) in [5.41, 5.74) is 1.03. The highest BCUT2D eigenvalue weighted by Crippen LogP contribution is 2.25. The van der Waals surface area contributed by atoms with Crippen LogP contribution in [0.2, 0.25) is 0 Å². The third-order valence-electron chi connectivity index (χ3n) is 3.22. The van der Waals surface area contributed by atoms with Crippen molar-refractivity contribution in [1.29, 1.82) is 5.26 Å². The quantitative estimate of drug-likeness (QED) is 0.734. The van der Waals surface area contributed by atoms with Gasteiger partial charge in [0.05, 0.1) is 17.7 Å². The topological polar surface area (TPSA) is 96.1 Å². The number of rotatable bonds is 4. The van der Waals surface area contributed by atoms with Gasteiger partial charge in [-0.25, -0.2) is 9.78 Å². The van der Waals surface area contributed by atoms with Crippen molar-refractivity contribution >= 4 is 16.6 Å². The van der Waals surface area contributed by atoms with E-state index < -0.39 is 0 Å². The van der Waals surface area contributed by atoms with Gasteiger partial charge in [0.15, 0.2) is 5.65 Å². The molecule has 0 atom stereocenters. The third-order valence-corrected chi connectivity index (χ3v) is 3.22. The van der Waals surface area contributed by atoms with Crippen LogP contribution in [0.15, 0.2) is 23.3 Å². The van der Waals surface area contributed by atoms with Gasteiger partial charge in [-0.2, -0.15) is 14.9 Å². The number of ether oxygens (including phenoxy) is 1. The Bertz CT molecular complexity index is 903. The molecule has 0 amide bonds. The fraction of sp³-hybridized carbons (Fsp3) is 0.286. The van der Waals surface area contributed by atoms with Gasteiger partial charge in [0.1, 0.15) is 18.1 Å². The predicted octanol–water partition coefficient (Wildman–Crippen LogP) is 1.62. The fourth-order valence-electron chi connectivity index (χ4n) is 2.14. The van der Waals surface area contributed by atoms with Crippen LogP contribution in [0.4, 0.5) is 0 Å². The van der Waals surface area contributed by atoms with E-state index in [0.29, 0.717) is 34.5 Å². The minimum atomic E-state index is -0.376. The van der Waals surface area contributed by atoms with Gasteiger partial charge >= 0.3 is 5.69 Å². The van der Waals surface area contributed by atoms with Crippen LogP contribution in [0.5, 0.6) is 5.75 Å². The largest absolute Gasteiger partial charge is 0.492 e. The molecule has 3 aromatic rings. The van der Waals surface area contributed by atoms with E-state index in [2.05, 4.69) is 28.1 Å². The highest BCUT2D eigenvalue weighted by atomic mass is 16.5. The second-order valence-corrected chi connectivity index (χ2v) is 4.63. The zero-order valence-electron chi connectivity index (χ0n) is 11.5. The summed E-state index contributed by atoms with van der Waals surface area (Å²) >= 11 is 0. The average Bonchev–Trinajstić information content (AvgIpc) is 2.97. The number of unbranched alkanes of at least 4 members (excludes halogenated alkanes) is 1. The maximum absolute atomic E-state index is 11.9. The Balaban J connectivity index is 2.20. The van der Waals surface area contributed by atoms with Crippen molar-refractivity contribution in [2.24, 2.45) is 0 Å². The van der Waals surface area contributed by atoms with E-state index in [1.54, 1.807) is 12.1 Å². The molecule has 0 saturated carbocycles. The number of aromatic nitrogens is 4. The van der Waals surface area contributed by atoms with E-state index in [-0.39, 0.29) is 5.69 Å². The van der Waals surface area contributed by atoms with E-state index in [0.717, 1.165) is 12.8 Å². The lowest BCUT2D eigenvalue weighted by Crippen LogP contribution is -2.17. The summed E-state index contributed by atoms with van der Waals surface area (Å²) in [5.74, 6) is 0.470. The van der Waals surface area contributed by atoms with Crippen LogP contribution >= 0.6 is 0 Å². The predicted molar refractivity (Wildman–Crippen MR) is 76.2 cm³/mol. The molecule has 7 nitrogen and oxygen atoms in total. The Morgan fingerprint density at radius 3 is 3.10 bits per heavy atom. The molecule has 2 aromatic heterocycles. The molecule has 0 bridgehead atoms. The van der Waals surface area contributed by atoms with Gasteiger partial charge in [-0.3, -0.25) is 0 Å². The molecule has 0 spiro atoms. The maximum Gasteiger partial charge on any atom is 0.348 e. The summed E-state index contributed by atoms with van der Waals surface area (Å²) in [7, 11) is 0. The molecular formula is C14H13N5O2. The fourth-order valence-corrected chi connectivity index (χ4v) is 2.14.